The molecule has 1 aliphatic heterocycles. The Morgan fingerprint density at radius 1 is 0.857 bits per heavy atom. The molecular weight excluding hydrogens is 254 g/mol. The highest BCUT2D eigenvalue weighted by atomic mass is 15.2. The van der Waals surface area contributed by atoms with E-state index in [2.05, 4.69) is 47.1 Å². The molecule has 112 valence electrons. The molecule has 1 atom stereocenters. The molecule has 1 saturated heterocycles. The maximum atomic E-state index is 3.65. The third-order valence-corrected chi connectivity index (χ3v) is 4.90. The molecule has 21 heavy (non-hydrogen) atoms. The Labute approximate surface area is 129 Å². The molecule has 2 fully saturated rings. The molecule has 1 aliphatic carbocycles. The number of nitrogens with zero attached hydrogens (tertiary/aromatic N) is 1. The average molecular weight is 281 g/mol. The van der Waals surface area contributed by atoms with Gasteiger partial charge in [0.1, 0.15) is 0 Å². The summed E-state index contributed by atoms with van der Waals surface area (Å²) < 4.78 is 0. The van der Waals surface area contributed by atoms with Crippen LogP contribution in [0, 0.1) is 17.8 Å². The van der Waals surface area contributed by atoms with E-state index < -0.39 is 0 Å². The molecule has 3 rings (SSSR count). The molecule has 1 saturated carbocycles. The van der Waals surface area contributed by atoms with Crippen molar-refractivity contribution in [3.05, 3.63) is 35.9 Å². The fourth-order valence-electron chi connectivity index (χ4n) is 3.64. The van der Waals surface area contributed by atoms with Crippen LogP contribution in [0.1, 0.15) is 63.0 Å². The summed E-state index contributed by atoms with van der Waals surface area (Å²) in [7, 11) is 0. The molecule has 0 N–H and O–H groups in total. The Balaban J connectivity index is 1.76. The summed E-state index contributed by atoms with van der Waals surface area (Å²) in [6, 6.07) is 11.2. The Morgan fingerprint density at radius 2 is 1.52 bits per heavy atom. The molecule has 0 radical (unpaired) electrons. The highest BCUT2D eigenvalue weighted by Gasteiger charge is 2.20. The summed E-state index contributed by atoms with van der Waals surface area (Å²) >= 11 is 0. The van der Waals surface area contributed by atoms with E-state index in [0.29, 0.717) is 12.0 Å². The van der Waals surface area contributed by atoms with Crippen LogP contribution < -0.4 is 0 Å². The minimum absolute atomic E-state index is 0.313. The van der Waals surface area contributed by atoms with Gasteiger partial charge in [0.15, 0.2) is 0 Å². The van der Waals surface area contributed by atoms with Crippen molar-refractivity contribution >= 4 is 0 Å². The number of hydrogen-bond donors (Lipinski definition) is 0. The van der Waals surface area contributed by atoms with Gasteiger partial charge in [0.25, 0.3) is 0 Å². The molecule has 1 heterocycles. The van der Waals surface area contributed by atoms with Gasteiger partial charge in [0.05, 0.1) is 6.04 Å². The van der Waals surface area contributed by atoms with E-state index in [-0.39, 0.29) is 0 Å². The van der Waals surface area contributed by atoms with Crippen LogP contribution in [0.2, 0.25) is 0 Å². The van der Waals surface area contributed by atoms with Gasteiger partial charge in [0.2, 0.25) is 0 Å². The summed E-state index contributed by atoms with van der Waals surface area (Å²) in [5.41, 5.74) is 1.38. The summed E-state index contributed by atoms with van der Waals surface area (Å²) in [6.07, 6.45) is 10.8. The fourth-order valence-corrected chi connectivity index (χ4v) is 3.64. The molecule has 0 bridgehead atoms. The van der Waals surface area contributed by atoms with Gasteiger partial charge in [-0.05, 0) is 44.3 Å². The molecule has 1 aromatic rings. The van der Waals surface area contributed by atoms with Gasteiger partial charge in [-0.15, -0.1) is 0 Å². The summed E-state index contributed by atoms with van der Waals surface area (Å²) in [5.74, 6) is 7.93. The molecule has 1 heteroatoms. The van der Waals surface area contributed by atoms with E-state index in [1.807, 2.05) is 0 Å². The zero-order valence-corrected chi connectivity index (χ0v) is 13.1. The minimum Gasteiger partial charge on any atom is -0.286 e. The predicted molar refractivity (Wildman–Crippen MR) is 89.0 cm³/mol. The van der Waals surface area contributed by atoms with Crippen LogP contribution >= 0.6 is 0 Å². The Bertz CT molecular complexity index is 470. The fraction of sp³-hybridized carbons (Fsp3) is 0.600. The number of rotatable bonds is 2. The minimum atomic E-state index is 0.313. The maximum Gasteiger partial charge on any atom is 0.0970 e. The third-order valence-electron chi connectivity index (χ3n) is 4.90. The number of piperidine rings is 1. The smallest absolute Gasteiger partial charge is 0.0970 e. The molecule has 2 aliphatic rings. The van der Waals surface area contributed by atoms with Crippen LogP contribution in [0.5, 0.6) is 0 Å². The van der Waals surface area contributed by atoms with Gasteiger partial charge in [0, 0.05) is 5.92 Å². The van der Waals surface area contributed by atoms with Crippen molar-refractivity contribution < 1.29 is 0 Å². The number of likely N-dealkylation sites (tertiary alicyclic amines) is 1. The molecule has 0 amide bonds. The van der Waals surface area contributed by atoms with Gasteiger partial charge in [-0.1, -0.05) is 67.9 Å². The van der Waals surface area contributed by atoms with Crippen molar-refractivity contribution in [3.63, 3.8) is 0 Å². The predicted octanol–water partition coefficient (Wildman–Crippen LogP) is 4.80. The summed E-state index contributed by atoms with van der Waals surface area (Å²) in [4.78, 5) is 2.59. The maximum absolute atomic E-state index is 3.65. The Hall–Kier alpha value is -1.26. The normalized spacial score (nSPS) is 22.3. The van der Waals surface area contributed by atoms with Crippen molar-refractivity contribution in [3.8, 4) is 11.8 Å². The molecular formula is C20H27N. The van der Waals surface area contributed by atoms with Crippen molar-refractivity contribution in [1.82, 2.24) is 4.90 Å². The first-order valence-corrected chi connectivity index (χ1v) is 8.73. The summed E-state index contributed by atoms with van der Waals surface area (Å²) in [5, 5.41) is 0. The third kappa shape index (κ3) is 4.11. The first-order valence-electron chi connectivity index (χ1n) is 8.73. The van der Waals surface area contributed by atoms with Crippen molar-refractivity contribution in [1.29, 1.82) is 0 Å². The topological polar surface area (TPSA) is 3.24 Å². The lowest BCUT2D eigenvalue weighted by molar-refractivity contribution is 0.197. The zero-order chi connectivity index (χ0) is 14.3. The van der Waals surface area contributed by atoms with E-state index in [0.717, 1.165) is 0 Å². The molecule has 1 nitrogen and oxygen atoms in total. The number of hydrogen-bond acceptors (Lipinski definition) is 1. The van der Waals surface area contributed by atoms with Gasteiger partial charge in [-0.25, -0.2) is 0 Å². The highest BCUT2D eigenvalue weighted by Crippen LogP contribution is 2.26. The highest BCUT2D eigenvalue weighted by molar-refractivity contribution is 5.28. The average Bonchev–Trinajstić information content (AvgIpc) is 2.58. The Kier molecular flexibility index (Phi) is 5.35. The van der Waals surface area contributed by atoms with Crippen LogP contribution in [0.3, 0.4) is 0 Å². The molecule has 0 aromatic heterocycles. The molecule has 0 spiro atoms. The Morgan fingerprint density at radius 3 is 2.24 bits per heavy atom. The lowest BCUT2D eigenvalue weighted by atomic mass is 9.89. The van der Waals surface area contributed by atoms with Crippen LogP contribution in [-0.4, -0.2) is 18.0 Å². The van der Waals surface area contributed by atoms with Gasteiger partial charge in [-0.3, -0.25) is 4.90 Å². The standard InChI is InChI=1S/C20H27N/c1-4-10-18(11-5-1)14-15-20(19-12-6-2-7-13-19)21-16-8-3-9-17-21/h2,6-7,12-13,18,20H,1,3-5,8-11,16-17H2/t20-/m0/s1. The first-order chi connectivity index (χ1) is 10.4. The SMILES string of the molecule is C(#C[C@@H](c1ccccc1)N1CCCCC1)C1CCCCC1. The van der Waals surface area contributed by atoms with Crippen LogP contribution in [0.15, 0.2) is 30.3 Å². The second kappa shape index (κ2) is 7.66. The van der Waals surface area contributed by atoms with Crippen molar-refractivity contribution in [2.45, 2.75) is 57.4 Å². The van der Waals surface area contributed by atoms with Crippen LogP contribution in [0.25, 0.3) is 0 Å². The van der Waals surface area contributed by atoms with E-state index >= 15 is 0 Å². The van der Waals surface area contributed by atoms with E-state index in [1.54, 1.807) is 0 Å². The van der Waals surface area contributed by atoms with Crippen molar-refractivity contribution in [2.75, 3.05) is 13.1 Å². The lowest BCUT2D eigenvalue weighted by Gasteiger charge is -2.32. The van der Waals surface area contributed by atoms with E-state index in [9.17, 15) is 0 Å². The second-order valence-corrected chi connectivity index (χ2v) is 6.53. The van der Waals surface area contributed by atoms with Crippen LogP contribution in [-0.2, 0) is 0 Å². The first kappa shape index (κ1) is 14.7. The van der Waals surface area contributed by atoms with Gasteiger partial charge < -0.3 is 0 Å². The largest absolute Gasteiger partial charge is 0.286 e. The molecule has 1 aromatic carbocycles. The van der Waals surface area contributed by atoms with E-state index in [1.165, 1.54) is 70.0 Å². The zero-order valence-electron chi connectivity index (χ0n) is 13.1. The van der Waals surface area contributed by atoms with Crippen LogP contribution in [0.4, 0.5) is 0 Å². The van der Waals surface area contributed by atoms with E-state index in [4.69, 9.17) is 0 Å². The quantitative estimate of drug-likeness (QED) is 0.704. The van der Waals surface area contributed by atoms with Gasteiger partial charge in [-0.2, -0.15) is 0 Å². The number of benzene rings is 1. The lowest BCUT2D eigenvalue weighted by Crippen LogP contribution is -2.33. The monoisotopic (exact) mass is 281 g/mol. The van der Waals surface area contributed by atoms with Crippen molar-refractivity contribution in [2.24, 2.45) is 5.92 Å². The second-order valence-electron chi connectivity index (χ2n) is 6.53. The summed E-state index contributed by atoms with van der Waals surface area (Å²) in [6.45, 7) is 2.41. The molecule has 0 unspecified atom stereocenters. The van der Waals surface area contributed by atoms with Gasteiger partial charge >= 0.3 is 0 Å².